The number of phenols is 1. The van der Waals surface area contributed by atoms with E-state index < -0.39 is 0 Å². The van der Waals surface area contributed by atoms with Crippen molar-refractivity contribution < 1.29 is 9.84 Å². The van der Waals surface area contributed by atoms with Crippen LogP contribution in [-0.4, -0.2) is 73.9 Å². The Morgan fingerprint density at radius 3 is 2.74 bits per heavy atom. The second-order valence-electron chi connectivity index (χ2n) is 13.0. The van der Waals surface area contributed by atoms with E-state index >= 15 is 0 Å². The van der Waals surface area contributed by atoms with Crippen molar-refractivity contribution in [3.63, 3.8) is 0 Å². The summed E-state index contributed by atoms with van der Waals surface area (Å²) in [6.45, 7) is 5.48. The molecule has 7 rings (SSSR count). The SMILES string of the molecule is Cc1cccc(C=CCN(C)[C@H]2CC[C@H]3[C@H]4Cc5c(N(C)C)cc(O)c6c5[C@@]3(CCN4CC3CC3)[C@H]2O6)c1. The fourth-order valence-corrected chi connectivity index (χ4v) is 8.64. The summed E-state index contributed by atoms with van der Waals surface area (Å²) in [7, 11) is 6.50. The van der Waals surface area contributed by atoms with Gasteiger partial charge in [0, 0.05) is 62.0 Å². The number of hydrogen-bond acceptors (Lipinski definition) is 5. The van der Waals surface area contributed by atoms with Gasteiger partial charge in [-0.2, -0.15) is 0 Å². The van der Waals surface area contributed by atoms with E-state index in [1.807, 2.05) is 6.07 Å². The Labute approximate surface area is 228 Å². The van der Waals surface area contributed by atoms with E-state index in [-0.39, 0.29) is 11.5 Å². The molecule has 2 aromatic rings. The van der Waals surface area contributed by atoms with Crippen molar-refractivity contribution in [2.45, 2.75) is 69.1 Å². The first-order chi connectivity index (χ1) is 18.4. The highest BCUT2D eigenvalue weighted by molar-refractivity contribution is 5.71. The first-order valence-corrected chi connectivity index (χ1v) is 14.8. The van der Waals surface area contributed by atoms with Crippen molar-refractivity contribution in [1.29, 1.82) is 0 Å². The Morgan fingerprint density at radius 1 is 1.13 bits per heavy atom. The number of benzene rings is 2. The van der Waals surface area contributed by atoms with Gasteiger partial charge in [0.25, 0.3) is 0 Å². The molecule has 2 aromatic carbocycles. The van der Waals surface area contributed by atoms with E-state index in [4.69, 9.17) is 4.74 Å². The summed E-state index contributed by atoms with van der Waals surface area (Å²) in [4.78, 5) is 7.56. The molecule has 3 fully saturated rings. The molecular formula is C33H43N3O2. The minimum Gasteiger partial charge on any atom is -0.504 e. The van der Waals surface area contributed by atoms with Crippen LogP contribution in [0.15, 0.2) is 36.4 Å². The normalized spacial score (nSPS) is 31.5. The Morgan fingerprint density at radius 2 is 1.97 bits per heavy atom. The minimum atomic E-state index is 0.00850. The Kier molecular flexibility index (Phi) is 5.83. The molecule has 202 valence electrons. The first-order valence-electron chi connectivity index (χ1n) is 14.8. The molecule has 0 radical (unpaired) electrons. The highest BCUT2D eigenvalue weighted by Gasteiger charge is 2.66. The molecule has 1 saturated heterocycles. The predicted octanol–water partition coefficient (Wildman–Crippen LogP) is 5.23. The van der Waals surface area contributed by atoms with E-state index in [2.05, 4.69) is 79.2 Å². The molecule has 0 unspecified atom stereocenters. The zero-order valence-corrected chi connectivity index (χ0v) is 23.5. The number of hydrogen-bond donors (Lipinski definition) is 1. The topological polar surface area (TPSA) is 39.2 Å². The lowest BCUT2D eigenvalue weighted by molar-refractivity contribution is -0.0839. The number of rotatable bonds is 7. The molecule has 1 spiro atoms. The summed E-state index contributed by atoms with van der Waals surface area (Å²) >= 11 is 0. The Hall–Kier alpha value is -2.50. The van der Waals surface area contributed by atoms with Gasteiger partial charge in [0.15, 0.2) is 11.5 Å². The van der Waals surface area contributed by atoms with Crippen molar-refractivity contribution in [2.75, 3.05) is 45.7 Å². The largest absolute Gasteiger partial charge is 0.504 e. The zero-order valence-electron chi connectivity index (χ0n) is 23.5. The van der Waals surface area contributed by atoms with Gasteiger partial charge in [0.1, 0.15) is 6.10 Å². The zero-order chi connectivity index (χ0) is 26.2. The summed E-state index contributed by atoms with van der Waals surface area (Å²) in [5.74, 6) is 2.64. The molecule has 38 heavy (non-hydrogen) atoms. The summed E-state index contributed by atoms with van der Waals surface area (Å²) in [6.07, 6.45) is 12.1. The van der Waals surface area contributed by atoms with Crippen LogP contribution in [0.5, 0.6) is 11.5 Å². The lowest BCUT2D eigenvalue weighted by Gasteiger charge is -2.60. The van der Waals surface area contributed by atoms with E-state index in [0.29, 0.717) is 23.8 Å². The van der Waals surface area contributed by atoms with Crippen LogP contribution < -0.4 is 9.64 Å². The third-order valence-electron chi connectivity index (χ3n) is 10.5. The number of anilines is 1. The molecule has 2 bridgehead atoms. The molecule has 5 heteroatoms. The third-order valence-corrected chi connectivity index (χ3v) is 10.5. The lowest BCUT2D eigenvalue weighted by atomic mass is 9.50. The standard InChI is InChI=1S/C33H43N3O2/c1-21-7-5-8-22(17-21)9-6-15-35(4)26-13-12-25-28-18-24-27(34(2)3)19-29(37)31-30(24)33(25,32(26)38-31)14-16-36(28)20-23-10-11-23/h5-9,17,19,23,25-26,28,32,37H,10-16,18,20H2,1-4H3/t25-,26-,28+,32-,33-/m0/s1. The van der Waals surface area contributed by atoms with E-state index in [1.165, 1.54) is 53.7 Å². The van der Waals surface area contributed by atoms with Gasteiger partial charge < -0.3 is 14.7 Å². The number of likely N-dealkylation sites (tertiary alicyclic amines) is 1. The number of nitrogens with zero attached hydrogens (tertiary/aromatic N) is 3. The van der Waals surface area contributed by atoms with Crippen LogP contribution in [0.2, 0.25) is 0 Å². The van der Waals surface area contributed by atoms with Crippen LogP contribution in [0.1, 0.15) is 54.4 Å². The van der Waals surface area contributed by atoms with Crippen LogP contribution in [0.4, 0.5) is 5.69 Å². The molecule has 1 N–H and O–H groups in total. The monoisotopic (exact) mass is 513 g/mol. The summed E-state index contributed by atoms with van der Waals surface area (Å²) in [5.41, 5.74) is 6.55. The molecule has 5 atom stereocenters. The van der Waals surface area contributed by atoms with Crippen LogP contribution >= 0.6 is 0 Å². The number of piperidine rings is 1. The quantitative estimate of drug-likeness (QED) is 0.549. The van der Waals surface area contributed by atoms with Crippen molar-refractivity contribution in [1.82, 2.24) is 9.80 Å². The molecular weight excluding hydrogens is 470 g/mol. The predicted molar refractivity (Wildman–Crippen MR) is 154 cm³/mol. The highest BCUT2D eigenvalue weighted by atomic mass is 16.5. The maximum atomic E-state index is 11.2. The summed E-state index contributed by atoms with van der Waals surface area (Å²) in [5, 5.41) is 11.2. The molecule has 5 aliphatic rings. The van der Waals surface area contributed by atoms with Crippen LogP contribution in [0, 0.1) is 18.8 Å². The van der Waals surface area contributed by atoms with Gasteiger partial charge in [-0.25, -0.2) is 0 Å². The average molecular weight is 514 g/mol. The van der Waals surface area contributed by atoms with Crippen LogP contribution in [0.25, 0.3) is 6.08 Å². The first kappa shape index (κ1) is 24.5. The second kappa shape index (κ2) is 9.02. The van der Waals surface area contributed by atoms with Gasteiger partial charge >= 0.3 is 0 Å². The second-order valence-corrected chi connectivity index (χ2v) is 13.0. The van der Waals surface area contributed by atoms with Crippen LogP contribution in [-0.2, 0) is 11.8 Å². The minimum absolute atomic E-state index is 0.00850. The van der Waals surface area contributed by atoms with Crippen molar-refractivity contribution in [3.8, 4) is 11.5 Å². The highest BCUT2D eigenvalue weighted by Crippen LogP contribution is 2.65. The Balaban J connectivity index is 1.24. The van der Waals surface area contributed by atoms with Gasteiger partial charge in [-0.1, -0.05) is 42.0 Å². The third kappa shape index (κ3) is 3.72. The number of phenolic OH excluding ortho intramolecular Hbond substituents is 1. The van der Waals surface area contributed by atoms with Gasteiger partial charge in [0.05, 0.1) is 0 Å². The summed E-state index contributed by atoms with van der Waals surface area (Å²) < 4.78 is 6.93. The fourth-order valence-electron chi connectivity index (χ4n) is 8.64. The maximum Gasteiger partial charge on any atom is 0.165 e. The van der Waals surface area contributed by atoms with E-state index in [0.717, 1.165) is 44.0 Å². The molecule has 2 saturated carbocycles. The fraction of sp³-hybridized carbons (Fsp3) is 0.576. The Bertz CT molecular complexity index is 1270. The molecule has 2 heterocycles. The van der Waals surface area contributed by atoms with Crippen LogP contribution in [0.3, 0.4) is 0 Å². The maximum absolute atomic E-state index is 11.2. The van der Waals surface area contributed by atoms with Gasteiger partial charge in [-0.05, 0) is 82.0 Å². The van der Waals surface area contributed by atoms with Gasteiger partial charge in [0.2, 0.25) is 0 Å². The number of likely N-dealkylation sites (N-methyl/N-ethyl adjacent to an activating group) is 1. The number of ether oxygens (including phenoxy) is 1. The molecule has 2 aliphatic heterocycles. The average Bonchev–Trinajstić information content (AvgIpc) is 3.64. The molecule has 0 aromatic heterocycles. The summed E-state index contributed by atoms with van der Waals surface area (Å²) in [6, 6.07) is 11.6. The van der Waals surface area contributed by atoms with E-state index in [1.54, 1.807) is 0 Å². The van der Waals surface area contributed by atoms with Crippen molar-refractivity contribution in [3.05, 3.63) is 58.7 Å². The number of aryl methyl sites for hydroxylation is 1. The number of aromatic hydroxyl groups is 1. The molecule has 5 nitrogen and oxygen atoms in total. The lowest BCUT2D eigenvalue weighted by Crippen LogP contribution is -2.68. The molecule has 0 amide bonds. The van der Waals surface area contributed by atoms with Gasteiger partial charge in [-0.15, -0.1) is 0 Å². The van der Waals surface area contributed by atoms with E-state index in [9.17, 15) is 5.11 Å². The van der Waals surface area contributed by atoms with Crippen molar-refractivity contribution in [2.24, 2.45) is 11.8 Å². The molecule has 3 aliphatic carbocycles. The van der Waals surface area contributed by atoms with Crippen molar-refractivity contribution >= 4 is 11.8 Å². The van der Waals surface area contributed by atoms with Gasteiger partial charge in [-0.3, -0.25) is 9.80 Å². The smallest absolute Gasteiger partial charge is 0.165 e.